The van der Waals surface area contributed by atoms with Crippen LogP contribution in [0.2, 0.25) is 0 Å². The number of aryl methyl sites for hydroxylation is 2. The summed E-state index contributed by atoms with van der Waals surface area (Å²) >= 11 is 0. The fraction of sp³-hybridized carbons (Fsp3) is 0.160. The molecule has 8 heteroatoms. The number of benzene rings is 3. The molecule has 2 N–H and O–H groups in total. The summed E-state index contributed by atoms with van der Waals surface area (Å²) in [6.07, 6.45) is 0.877. The van der Waals surface area contributed by atoms with Gasteiger partial charge in [0.2, 0.25) is 11.7 Å². The third-order valence-corrected chi connectivity index (χ3v) is 5.05. The van der Waals surface area contributed by atoms with Crippen molar-refractivity contribution in [1.82, 2.24) is 20.2 Å². The lowest BCUT2D eigenvalue weighted by Crippen LogP contribution is -2.15. The van der Waals surface area contributed by atoms with Crippen molar-refractivity contribution in [3.05, 3.63) is 90.0 Å². The fourth-order valence-electron chi connectivity index (χ4n) is 3.26. The average Bonchev–Trinajstić information content (AvgIpc) is 3.31. The van der Waals surface area contributed by atoms with Crippen LogP contribution in [0, 0.1) is 6.92 Å². The van der Waals surface area contributed by atoms with Crippen molar-refractivity contribution in [3.8, 4) is 11.4 Å². The van der Waals surface area contributed by atoms with E-state index < -0.39 is 0 Å². The molecule has 0 bridgehead atoms. The van der Waals surface area contributed by atoms with Crippen LogP contribution in [0.15, 0.2) is 78.9 Å². The zero-order valence-corrected chi connectivity index (χ0v) is 18.2. The number of hydrogen-bond donors (Lipinski definition) is 2. The lowest BCUT2D eigenvalue weighted by atomic mass is 10.1. The fourth-order valence-corrected chi connectivity index (χ4v) is 3.26. The van der Waals surface area contributed by atoms with Crippen LogP contribution in [0.4, 0.5) is 11.4 Å². The molecule has 0 radical (unpaired) electrons. The maximum Gasteiger partial charge on any atom is 0.255 e. The second-order valence-electron chi connectivity index (χ2n) is 7.58. The number of carbonyl (C=O) groups excluding carboxylic acids is 2. The molecule has 0 aliphatic rings. The predicted molar refractivity (Wildman–Crippen MR) is 127 cm³/mol. The summed E-state index contributed by atoms with van der Waals surface area (Å²) in [4.78, 5) is 26.4. The molecule has 0 saturated heterocycles. The molecule has 0 spiro atoms. The van der Waals surface area contributed by atoms with E-state index in [4.69, 9.17) is 0 Å². The number of carbonyl (C=O) groups is 2. The van der Waals surface area contributed by atoms with Gasteiger partial charge in [0, 0.05) is 28.9 Å². The predicted octanol–water partition coefficient (Wildman–Crippen LogP) is 4.32. The second-order valence-corrected chi connectivity index (χ2v) is 7.58. The Morgan fingerprint density at radius 3 is 2.39 bits per heavy atom. The van der Waals surface area contributed by atoms with Crippen LogP contribution in [-0.4, -0.2) is 32.0 Å². The lowest BCUT2D eigenvalue weighted by Gasteiger charge is -2.12. The second kappa shape index (κ2) is 10.3. The SMILES string of the molecule is Cc1ccc(NC(=O)c2ccccc2)cc1NC(=O)CCCn1nnc(-c2ccccc2)n1. The lowest BCUT2D eigenvalue weighted by molar-refractivity contribution is -0.116. The van der Waals surface area contributed by atoms with E-state index in [-0.39, 0.29) is 11.8 Å². The summed E-state index contributed by atoms with van der Waals surface area (Å²) in [6, 6.07) is 24.0. The van der Waals surface area contributed by atoms with E-state index in [9.17, 15) is 9.59 Å². The standard InChI is InChI=1S/C25H24N6O2/c1-18-14-15-21(26-25(33)20-11-6-3-7-12-20)17-22(18)27-23(32)13-8-16-31-29-24(28-30-31)19-9-4-2-5-10-19/h2-7,9-12,14-15,17H,8,13,16H2,1H3,(H,26,33)(H,27,32). The third-order valence-electron chi connectivity index (χ3n) is 5.05. The van der Waals surface area contributed by atoms with Crippen LogP contribution in [-0.2, 0) is 11.3 Å². The van der Waals surface area contributed by atoms with Crippen LogP contribution < -0.4 is 10.6 Å². The van der Waals surface area contributed by atoms with Gasteiger partial charge in [0.05, 0.1) is 6.54 Å². The number of nitrogens with one attached hydrogen (secondary N) is 2. The van der Waals surface area contributed by atoms with E-state index in [0.717, 1.165) is 11.1 Å². The number of anilines is 2. The normalized spacial score (nSPS) is 10.6. The van der Waals surface area contributed by atoms with Crippen molar-refractivity contribution in [2.75, 3.05) is 10.6 Å². The minimum absolute atomic E-state index is 0.118. The molecule has 33 heavy (non-hydrogen) atoms. The molecule has 166 valence electrons. The van der Waals surface area contributed by atoms with Crippen molar-refractivity contribution in [2.24, 2.45) is 0 Å². The highest BCUT2D eigenvalue weighted by Crippen LogP contribution is 2.21. The van der Waals surface area contributed by atoms with Gasteiger partial charge in [-0.1, -0.05) is 54.6 Å². The molecular formula is C25H24N6O2. The minimum atomic E-state index is -0.202. The van der Waals surface area contributed by atoms with E-state index in [2.05, 4.69) is 26.0 Å². The Morgan fingerprint density at radius 2 is 1.64 bits per heavy atom. The monoisotopic (exact) mass is 440 g/mol. The largest absolute Gasteiger partial charge is 0.326 e. The van der Waals surface area contributed by atoms with Gasteiger partial charge in [0.1, 0.15) is 0 Å². The summed E-state index contributed by atoms with van der Waals surface area (Å²) in [5.41, 5.74) is 3.66. The van der Waals surface area contributed by atoms with Crippen LogP contribution >= 0.6 is 0 Å². The first-order valence-corrected chi connectivity index (χ1v) is 10.7. The zero-order chi connectivity index (χ0) is 23.0. The Labute approximate surface area is 191 Å². The Balaban J connectivity index is 1.30. The Hall–Kier alpha value is -4.33. The van der Waals surface area contributed by atoms with Gasteiger partial charge < -0.3 is 10.6 Å². The Kier molecular flexibility index (Phi) is 6.84. The Bertz CT molecular complexity index is 1240. The highest BCUT2D eigenvalue weighted by Gasteiger charge is 2.10. The summed E-state index contributed by atoms with van der Waals surface area (Å²) in [7, 11) is 0. The molecule has 4 aromatic rings. The van der Waals surface area contributed by atoms with E-state index in [1.807, 2.05) is 67.6 Å². The van der Waals surface area contributed by atoms with Gasteiger partial charge in [0.25, 0.3) is 5.91 Å². The highest BCUT2D eigenvalue weighted by molar-refractivity contribution is 6.04. The first kappa shape index (κ1) is 21.9. The molecule has 1 aromatic heterocycles. The van der Waals surface area contributed by atoms with Gasteiger partial charge in [-0.25, -0.2) is 0 Å². The van der Waals surface area contributed by atoms with Gasteiger partial charge in [0.15, 0.2) is 0 Å². The molecule has 0 unspecified atom stereocenters. The molecule has 0 atom stereocenters. The molecule has 0 saturated carbocycles. The van der Waals surface area contributed by atoms with Crippen LogP contribution in [0.1, 0.15) is 28.8 Å². The van der Waals surface area contributed by atoms with Gasteiger partial charge >= 0.3 is 0 Å². The summed E-state index contributed by atoms with van der Waals surface area (Å²) in [6.45, 7) is 2.39. The van der Waals surface area contributed by atoms with Crippen molar-refractivity contribution >= 4 is 23.2 Å². The van der Waals surface area contributed by atoms with E-state index in [1.54, 1.807) is 18.2 Å². The van der Waals surface area contributed by atoms with Gasteiger partial charge in [-0.3, -0.25) is 9.59 Å². The van der Waals surface area contributed by atoms with Crippen LogP contribution in [0.3, 0.4) is 0 Å². The molecule has 4 rings (SSSR count). The van der Waals surface area contributed by atoms with Crippen molar-refractivity contribution < 1.29 is 9.59 Å². The maximum atomic E-state index is 12.5. The van der Waals surface area contributed by atoms with Gasteiger partial charge in [-0.05, 0) is 48.4 Å². The first-order valence-electron chi connectivity index (χ1n) is 10.7. The molecular weight excluding hydrogens is 416 g/mol. The van der Waals surface area contributed by atoms with E-state index in [0.29, 0.717) is 42.1 Å². The number of tetrazole rings is 1. The van der Waals surface area contributed by atoms with Crippen molar-refractivity contribution in [1.29, 1.82) is 0 Å². The smallest absolute Gasteiger partial charge is 0.255 e. The summed E-state index contributed by atoms with van der Waals surface area (Å²) in [5.74, 6) is 0.241. The zero-order valence-electron chi connectivity index (χ0n) is 18.2. The van der Waals surface area contributed by atoms with Crippen LogP contribution in [0.5, 0.6) is 0 Å². The molecule has 0 aliphatic heterocycles. The average molecular weight is 441 g/mol. The number of amides is 2. The summed E-state index contributed by atoms with van der Waals surface area (Å²) in [5, 5.41) is 18.3. The summed E-state index contributed by atoms with van der Waals surface area (Å²) < 4.78 is 0. The molecule has 8 nitrogen and oxygen atoms in total. The first-order chi connectivity index (χ1) is 16.1. The molecule has 1 heterocycles. The molecule has 3 aromatic carbocycles. The number of aromatic nitrogens is 4. The van der Waals surface area contributed by atoms with Crippen molar-refractivity contribution in [2.45, 2.75) is 26.3 Å². The topological polar surface area (TPSA) is 102 Å². The minimum Gasteiger partial charge on any atom is -0.326 e. The van der Waals surface area contributed by atoms with E-state index in [1.165, 1.54) is 4.80 Å². The van der Waals surface area contributed by atoms with Crippen LogP contribution in [0.25, 0.3) is 11.4 Å². The van der Waals surface area contributed by atoms with Crippen molar-refractivity contribution in [3.63, 3.8) is 0 Å². The molecule has 2 amide bonds. The maximum absolute atomic E-state index is 12.5. The van der Waals surface area contributed by atoms with Gasteiger partial charge in [-0.2, -0.15) is 4.80 Å². The van der Waals surface area contributed by atoms with Gasteiger partial charge in [-0.15, -0.1) is 10.2 Å². The number of rotatable bonds is 8. The third kappa shape index (κ3) is 5.88. The van der Waals surface area contributed by atoms with E-state index >= 15 is 0 Å². The quantitative estimate of drug-likeness (QED) is 0.425. The number of nitrogens with zero attached hydrogens (tertiary/aromatic N) is 4. The Morgan fingerprint density at radius 1 is 0.909 bits per heavy atom. The molecule has 0 fully saturated rings. The molecule has 0 aliphatic carbocycles. The number of hydrogen-bond acceptors (Lipinski definition) is 5. The highest BCUT2D eigenvalue weighted by atomic mass is 16.2.